The summed E-state index contributed by atoms with van der Waals surface area (Å²) < 4.78 is 5.64. The summed E-state index contributed by atoms with van der Waals surface area (Å²) in [5, 5.41) is 0. The molecule has 0 bridgehead atoms. The van der Waals surface area contributed by atoms with Crippen LogP contribution in [0.1, 0.15) is 11.1 Å². The molecule has 0 aromatic heterocycles. The van der Waals surface area contributed by atoms with E-state index < -0.39 is 0 Å². The molecule has 0 saturated heterocycles. The van der Waals surface area contributed by atoms with E-state index in [0.29, 0.717) is 0 Å². The Morgan fingerprint density at radius 3 is 2.35 bits per heavy atom. The number of likely N-dealkylation sites (N-methyl/N-ethyl adjacent to an activating group) is 1. The van der Waals surface area contributed by atoms with E-state index in [2.05, 4.69) is 12.1 Å². The molecule has 3 nitrogen and oxygen atoms in total. The molecule has 0 aliphatic carbocycles. The third-order valence-corrected chi connectivity index (χ3v) is 3.06. The van der Waals surface area contributed by atoms with Crippen LogP contribution in [0.2, 0.25) is 0 Å². The summed E-state index contributed by atoms with van der Waals surface area (Å²) in [7, 11) is 3.45. The minimum atomic E-state index is -0.0421. The fourth-order valence-electron chi connectivity index (χ4n) is 1.88. The lowest BCUT2D eigenvalue weighted by molar-refractivity contribution is -0.130. The van der Waals surface area contributed by atoms with Crippen molar-refractivity contribution in [3.63, 3.8) is 0 Å². The van der Waals surface area contributed by atoms with Crippen molar-refractivity contribution in [3.8, 4) is 5.75 Å². The van der Waals surface area contributed by atoms with Gasteiger partial charge in [0.05, 0.1) is 0 Å². The topological polar surface area (TPSA) is 29.5 Å². The van der Waals surface area contributed by atoms with Crippen LogP contribution in [0.3, 0.4) is 0 Å². The van der Waals surface area contributed by atoms with Crippen molar-refractivity contribution < 1.29 is 9.53 Å². The van der Waals surface area contributed by atoms with Crippen molar-refractivity contribution in [2.24, 2.45) is 0 Å². The van der Waals surface area contributed by atoms with Crippen molar-refractivity contribution >= 4 is 5.91 Å². The van der Waals surface area contributed by atoms with Gasteiger partial charge in [-0.05, 0) is 17.2 Å². The van der Waals surface area contributed by atoms with Crippen molar-refractivity contribution in [2.75, 3.05) is 20.7 Å². The molecule has 2 aromatic carbocycles. The maximum atomic E-state index is 11.6. The van der Waals surface area contributed by atoms with Crippen molar-refractivity contribution in [1.29, 1.82) is 0 Å². The molecule has 0 heterocycles. The first kappa shape index (κ1) is 14.1. The molecule has 1 amide bonds. The van der Waals surface area contributed by atoms with Crippen molar-refractivity contribution in [3.05, 3.63) is 65.7 Å². The van der Waals surface area contributed by atoms with Crippen molar-refractivity contribution in [2.45, 2.75) is 6.42 Å². The van der Waals surface area contributed by atoms with E-state index in [1.165, 1.54) is 10.5 Å². The number of amides is 1. The monoisotopic (exact) mass is 269 g/mol. The van der Waals surface area contributed by atoms with Gasteiger partial charge in [0.25, 0.3) is 5.91 Å². The van der Waals surface area contributed by atoms with Gasteiger partial charge in [-0.1, -0.05) is 48.5 Å². The predicted molar refractivity (Wildman–Crippen MR) is 79.9 cm³/mol. The van der Waals surface area contributed by atoms with E-state index in [1.807, 2.05) is 42.5 Å². The van der Waals surface area contributed by atoms with Gasteiger partial charge in [-0.25, -0.2) is 0 Å². The van der Waals surface area contributed by atoms with Crippen LogP contribution in [0, 0.1) is 0 Å². The Hall–Kier alpha value is -2.29. The molecule has 2 rings (SSSR count). The standard InChI is InChI=1S/C17H19NO2/c1-18(2)17(19)13-20-16-11-7-6-10-15(16)12-14-8-4-3-5-9-14/h3-11H,12-13H2,1-2H3. The van der Waals surface area contributed by atoms with Crippen LogP contribution in [0.25, 0.3) is 0 Å². The van der Waals surface area contributed by atoms with Gasteiger partial charge >= 0.3 is 0 Å². The minimum absolute atomic E-state index is 0.0421. The number of hydrogen-bond acceptors (Lipinski definition) is 2. The van der Waals surface area contributed by atoms with Gasteiger partial charge in [0, 0.05) is 20.5 Å². The Bertz CT molecular complexity index is 564. The second kappa shape index (κ2) is 6.75. The maximum Gasteiger partial charge on any atom is 0.259 e. The Labute approximate surface area is 119 Å². The lowest BCUT2D eigenvalue weighted by Gasteiger charge is -2.14. The van der Waals surface area contributed by atoms with Crippen LogP contribution in [0.5, 0.6) is 5.75 Å². The Kier molecular flexibility index (Phi) is 4.77. The van der Waals surface area contributed by atoms with Crippen LogP contribution >= 0.6 is 0 Å². The fourth-order valence-corrected chi connectivity index (χ4v) is 1.88. The first-order chi connectivity index (χ1) is 9.66. The Balaban J connectivity index is 2.08. The average Bonchev–Trinajstić information content (AvgIpc) is 2.47. The van der Waals surface area contributed by atoms with Gasteiger partial charge in [-0.2, -0.15) is 0 Å². The molecule has 0 fully saturated rings. The molecule has 2 aromatic rings. The maximum absolute atomic E-state index is 11.6. The highest BCUT2D eigenvalue weighted by atomic mass is 16.5. The number of carbonyl (C=O) groups excluding carboxylic acids is 1. The molecule has 0 atom stereocenters. The largest absolute Gasteiger partial charge is 0.483 e. The summed E-state index contributed by atoms with van der Waals surface area (Å²) in [6.45, 7) is 0.0683. The van der Waals surface area contributed by atoms with Crippen LogP contribution in [-0.2, 0) is 11.2 Å². The molecule has 0 saturated carbocycles. The van der Waals surface area contributed by atoms with Gasteiger partial charge in [-0.15, -0.1) is 0 Å². The summed E-state index contributed by atoms with van der Waals surface area (Å²) in [6, 6.07) is 18.1. The Morgan fingerprint density at radius 2 is 1.65 bits per heavy atom. The second-order valence-corrected chi connectivity index (χ2v) is 4.85. The van der Waals surface area contributed by atoms with Gasteiger partial charge in [-0.3, -0.25) is 4.79 Å². The number of benzene rings is 2. The first-order valence-electron chi connectivity index (χ1n) is 6.61. The molecule has 0 aliphatic heterocycles. The molecule has 20 heavy (non-hydrogen) atoms. The zero-order valence-electron chi connectivity index (χ0n) is 11.9. The molecule has 0 radical (unpaired) electrons. The fraction of sp³-hybridized carbons (Fsp3) is 0.235. The van der Waals surface area contributed by atoms with Gasteiger partial charge < -0.3 is 9.64 Å². The normalized spacial score (nSPS) is 10.1. The van der Waals surface area contributed by atoms with Crippen molar-refractivity contribution in [1.82, 2.24) is 4.90 Å². The van der Waals surface area contributed by atoms with E-state index in [-0.39, 0.29) is 12.5 Å². The number of ether oxygens (including phenoxy) is 1. The summed E-state index contributed by atoms with van der Waals surface area (Å²) in [6.07, 6.45) is 0.799. The minimum Gasteiger partial charge on any atom is -0.483 e. The van der Waals surface area contributed by atoms with Crippen LogP contribution < -0.4 is 4.74 Å². The smallest absolute Gasteiger partial charge is 0.259 e. The number of para-hydroxylation sites is 1. The average molecular weight is 269 g/mol. The molecule has 0 spiro atoms. The van der Waals surface area contributed by atoms with E-state index in [0.717, 1.165) is 17.7 Å². The zero-order chi connectivity index (χ0) is 14.4. The molecule has 0 N–H and O–H groups in total. The lowest BCUT2D eigenvalue weighted by atomic mass is 10.0. The van der Waals surface area contributed by atoms with E-state index >= 15 is 0 Å². The Morgan fingerprint density at radius 1 is 1.00 bits per heavy atom. The van der Waals surface area contributed by atoms with E-state index in [9.17, 15) is 4.79 Å². The van der Waals surface area contributed by atoms with E-state index in [4.69, 9.17) is 4.74 Å². The summed E-state index contributed by atoms with van der Waals surface area (Å²) in [4.78, 5) is 13.1. The number of nitrogens with zero attached hydrogens (tertiary/aromatic N) is 1. The molecule has 104 valence electrons. The van der Waals surface area contributed by atoms with E-state index in [1.54, 1.807) is 14.1 Å². The third-order valence-electron chi connectivity index (χ3n) is 3.06. The van der Waals surface area contributed by atoms with Gasteiger partial charge in [0.2, 0.25) is 0 Å². The molecule has 0 aliphatic rings. The summed E-state index contributed by atoms with van der Waals surface area (Å²) in [5.74, 6) is 0.728. The molecule has 3 heteroatoms. The first-order valence-corrected chi connectivity index (χ1v) is 6.61. The highest BCUT2D eigenvalue weighted by Crippen LogP contribution is 2.21. The van der Waals surface area contributed by atoms with Crippen LogP contribution in [0.4, 0.5) is 0 Å². The third kappa shape index (κ3) is 3.85. The highest BCUT2D eigenvalue weighted by molar-refractivity contribution is 5.77. The van der Waals surface area contributed by atoms with Crippen LogP contribution in [0.15, 0.2) is 54.6 Å². The highest BCUT2D eigenvalue weighted by Gasteiger charge is 2.08. The number of hydrogen-bond donors (Lipinski definition) is 0. The molecular formula is C17H19NO2. The number of carbonyl (C=O) groups is 1. The predicted octanol–water partition coefficient (Wildman–Crippen LogP) is 2.74. The number of rotatable bonds is 5. The van der Waals surface area contributed by atoms with Gasteiger partial charge in [0.15, 0.2) is 6.61 Å². The zero-order valence-corrected chi connectivity index (χ0v) is 11.9. The quantitative estimate of drug-likeness (QED) is 0.835. The second-order valence-electron chi connectivity index (χ2n) is 4.85. The summed E-state index contributed by atoms with van der Waals surface area (Å²) in [5.41, 5.74) is 2.31. The van der Waals surface area contributed by atoms with Gasteiger partial charge in [0.1, 0.15) is 5.75 Å². The molecule has 0 unspecified atom stereocenters. The SMILES string of the molecule is CN(C)C(=O)COc1ccccc1Cc1ccccc1. The van der Waals surface area contributed by atoms with Crippen LogP contribution in [-0.4, -0.2) is 31.5 Å². The molecular weight excluding hydrogens is 250 g/mol. The summed E-state index contributed by atoms with van der Waals surface area (Å²) >= 11 is 0. The lowest BCUT2D eigenvalue weighted by Crippen LogP contribution is -2.27.